The lowest BCUT2D eigenvalue weighted by atomic mass is 9.93. The van der Waals surface area contributed by atoms with Crippen LogP contribution >= 0.6 is 0 Å². The molecule has 26 heavy (non-hydrogen) atoms. The van der Waals surface area contributed by atoms with E-state index in [0.29, 0.717) is 30.0 Å². The predicted octanol–water partition coefficient (Wildman–Crippen LogP) is 2.65. The summed E-state index contributed by atoms with van der Waals surface area (Å²) in [6.07, 6.45) is 10.1. The van der Waals surface area contributed by atoms with Gasteiger partial charge in [-0.2, -0.15) is 4.98 Å². The van der Waals surface area contributed by atoms with Crippen LogP contribution in [0.5, 0.6) is 5.88 Å². The minimum Gasteiger partial charge on any atom is -0.477 e. The van der Waals surface area contributed by atoms with Crippen LogP contribution in [0.25, 0.3) is 0 Å². The van der Waals surface area contributed by atoms with Crippen molar-refractivity contribution < 1.29 is 14.6 Å². The number of hydrogen-bond acceptors (Lipinski definition) is 6. The normalized spacial score (nSPS) is 24.1. The lowest BCUT2D eigenvalue weighted by Gasteiger charge is -2.26. The molecule has 7 heteroatoms. The molecule has 0 saturated heterocycles. The Labute approximate surface area is 155 Å². The van der Waals surface area contributed by atoms with Crippen LogP contribution in [0, 0.1) is 0 Å². The molecule has 3 N–H and O–H groups in total. The van der Waals surface area contributed by atoms with Gasteiger partial charge in [-0.25, -0.2) is 4.98 Å². The van der Waals surface area contributed by atoms with Gasteiger partial charge in [-0.05, 0) is 51.9 Å². The minimum atomic E-state index is -0.256. The molecule has 2 atom stereocenters. The summed E-state index contributed by atoms with van der Waals surface area (Å²) in [7, 11) is 0. The van der Waals surface area contributed by atoms with Crippen molar-refractivity contribution in [1.29, 1.82) is 0 Å². The lowest BCUT2D eigenvalue weighted by molar-refractivity contribution is 0.0905. The van der Waals surface area contributed by atoms with E-state index in [1.54, 1.807) is 6.20 Å². The van der Waals surface area contributed by atoms with Gasteiger partial charge >= 0.3 is 0 Å². The standard InChI is InChI=1S/C19H30N4O3/c1-2-26-18-16(12-20-19(23-18)22-13-7-5-8-13)17(25)21-14-6-3-4-9-15(24)11-10-14/h12-15,24H,2-11H2,1H3,(H,21,25)(H,20,22,23)/t14-,15+/m1/s1. The van der Waals surface area contributed by atoms with Crippen LogP contribution in [0.15, 0.2) is 6.20 Å². The number of hydrogen-bond donors (Lipinski definition) is 3. The molecule has 0 bridgehead atoms. The highest BCUT2D eigenvalue weighted by Crippen LogP contribution is 2.24. The summed E-state index contributed by atoms with van der Waals surface area (Å²) in [6.45, 7) is 2.31. The van der Waals surface area contributed by atoms with Crippen molar-refractivity contribution in [2.24, 2.45) is 0 Å². The molecule has 0 radical (unpaired) electrons. The zero-order valence-electron chi connectivity index (χ0n) is 15.5. The Morgan fingerprint density at radius 3 is 2.65 bits per heavy atom. The van der Waals surface area contributed by atoms with Crippen molar-refractivity contribution in [2.45, 2.75) is 82.9 Å². The molecule has 2 saturated carbocycles. The summed E-state index contributed by atoms with van der Waals surface area (Å²) in [5.74, 6) is 0.639. The van der Waals surface area contributed by atoms with Gasteiger partial charge in [0, 0.05) is 18.3 Å². The smallest absolute Gasteiger partial charge is 0.258 e. The van der Waals surface area contributed by atoms with Crippen molar-refractivity contribution in [1.82, 2.24) is 15.3 Å². The van der Waals surface area contributed by atoms with E-state index in [1.807, 2.05) is 6.92 Å². The number of amides is 1. The Kier molecular flexibility index (Phi) is 6.66. The maximum atomic E-state index is 12.7. The summed E-state index contributed by atoms with van der Waals surface area (Å²) in [5, 5.41) is 16.2. The van der Waals surface area contributed by atoms with Gasteiger partial charge in [-0.1, -0.05) is 12.8 Å². The Morgan fingerprint density at radius 1 is 1.15 bits per heavy atom. The van der Waals surface area contributed by atoms with Gasteiger partial charge in [0.15, 0.2) is 0 Å². The molecule has 1 aromatic heterocycles. The SMILES string of the molecule is CCOc1nc(NC2CCC2)ncc1C(=O)N[C@@H]1CCCC[C@H](O)CC1. The molecule has 0 aromatic carbocycles. The van der Waals surface area contributed by atoms with E-state index in [-0.39, 0.29) is 18.1 Å². The van der Waals surface area contributed by atoms with Crippen LogP contribution in [0.3, 0.4) is 0 Å². The summed E-state index contributed by atoms with van der Waals surface area (Å²) >= 11 is 0. The van der Waals surface area contributed by atoms with E-state index >= 15 is 0 Å². The molecule has 1 amide bonds. The molecule has 144 valence electrons. The molecule has 2 aliphatic carbocycles. The summed E-state index contributed by atoms with van der Waals surface area (Å²) < 4.78 is 5.59. The quantitative estimate of drug-likeness (QED) is 0.720. The van der Waals surface area contributed by atoms with Gasteiger partial charge in [0.25, 0.3) is 5.91 Å². The van der Waals surface area contributed by atoms with Crippen molar-refractivity contribution in [3.63, 3.8) is 0 Å². The molecule has 1 heterocycles. The molecule has 0 aliphatic heterocycles. The first-order valence-electron chi connectivity index (χ1n) is 9.91. The second-order valence-corrected chi connectivity index (χ2v) is 7.30. The zero-order chi connectivity index (χ0) is 18.4. The number of aliphatic hydroxyl groups is 1. The third-order valence-corrected chi connectivity index (χ3v) is 5.24. The number of anilines is 1. The first-order valence-corrected chi connectivity index (χ1v) is 9.91. The Balaban J connectivity index is 1.66. The van der Waals surface area contributed by atoms with Gasteiger partial charge in [0.2, 0.25) is 11.8 Å². The Morgan fingerprint density at radius 2 is 1.92 bits per heavy atom. The van der Waals surface area contributed by atoms with Crippen molar-refractivity contribution in [3.05, 3.63) is 11.8 Å². The van der Waals surface area contributed by atoms with Crippen LogP contribution < -0.4 is 15.4 Å². The summed E-state index contributed by atoms with van der Waals surface area (Å²) in [6, 6.07) is 0.491. The molecule has 1 aromatic rings. The molecular formula is C19H30N4O3. The molecule has 2 aliphatic rings. The fraction of sp³-hybridized carbons (Fsp3) is 0.737. The second kappa shape index (κ2) is 9.16. The van der Waals surface area contributed by atoms with Crippen LogP contribution in [-0.4, -0.2) is 45.8 Å². The van der Waals surface area contributed by atoms with E-state index in [4.69, 9.17) is 4.74 Å². The van der Waals surface area contributed by atoms with Crippen LogP contribution in [0.1, 0.15) is 75.1 Å². The molecular weight excluding hydrogens is 332 g/mol. The van der Waals surface area contributed by atoms with Gasteiger partial charge in [0.1, 0.15) is 5.56 Å². The number of carbonyl (C=O) groups excluding carboxylic acids is 1. The van der Waals surface area contributed by atoms with E-state index in [0.717, 1.165) is 51.4 Å². The average Bonchev–Trinajstić information content (AvgIpc) is 2.58. The molecule has 0 spiro atoms. The Bertz CT molecular complexity index is 606. The number of nitrogens with zero attached hydrogens (tertiary/aromatic N) is 2. The average molecular weight is 362 g/mol. The predicted molar refractivity (Wildman–Crippen MR) is 99.4 cm³/mol. The van der Waals surface area contributed by atoms with Gasteiger partial charge in [-0.3, -0.25) is 4.79 Å². The van der Waals surface area contributed by atoms with Crippen molar-refractivity contribution in [3.8, 4) is 5.88 Å². The fourth-order valence-corrected chi connectivity index (χ4v) is 3.43. The van der Waals surface area contributed by atoms with Crippen molar-refractivity contribution >= 4 is 11.9 Å². The minimum absolute atomic E-state index is 0.0692. The maximum Gasteiger partial charge on any atom is 0.258 e. The number of nitrogens with one attached hydrogen (secondary N) is 2. The monoisotopic (exact) mass is 362 g/mol. The molecule has 2 fully saturated rings. The highest BCUT2D eigenvalue weighted by molar-refractivity contribution is 5.96. The highest BCUT2D eigenvalue weighted by atomic mass is 16.5. The number of rotatable bonds is 6. The van der Waals surface area contributed by atoms with E-state index in [2.05, 4.69) is 20.6 Å². The maximum absolute atomic E-state index is 12.7. The van der Waals surface area contributed by atoms with Gasteiger partial charge < -0.3 is 20.5 Å². The Hall–Kier alpha value is -1.89. The topological polar surface area (TPSA) is 96.4 Å². The van der Waals surface area contributed by atoms with Crippen LogP contribution in [-0.2, 0) is 0 Å². The fourth-order valence-electron chi connectivity index (χ4n) is 3.43. The van der Waals surface area contributed by atoms with Crippen molar-refractivity contribution in [2.75, 3.05) is 11.9 Å². The van der Waals surface area contributed by atoms with E-state index in [1.165, 1.54) is 6.42 Å². The lowest BCUT2D eigenvalue weighted by Crippen LogP contribution is -2.36. The number of ether oxygens (including phenoxy) is 1. The zero-order valence-corrected chi connectivity index (χ0v) is 15.5. The molecule has 0 unspecified atom stereocenters. The summed E-state index contributed by atoms with van der Waals surface area (Å²) in [4.78, 5) is 21.4. The third kappa shape index (κ3) is 5.06. The number of aromatic nitrogens is 2. The van der Waals surface area contributed by atoms with Gasteiger partial charge in [0.05, 0.1) is 12.7 Å². The second-order valence-electron chi connectivity index (χ2n) is 7.30. The molecule has 7 nitrogen and oxygen atoms in total. The highest BCUT2D eigenvalue weighted by Gasteiger charge is 2.23. The first-order chi connectivity index (χ1) is 12.7. The summed E-state index contributed by atoms with van der Waals surface area (Å²) in [5.41, 5.74) is 0.369. The van der Waals surface area contributed by atoms with Gasteiger partial charge in [-0.15, -0.1) is 0 Å². The largest absolute Gasteiger partial charge is 0.477 e. The molecule has 3 rings (SSSR count). The first kappa shape index (κ1) is 18.9. The van der Waals surface area contributed by atoms with E-state index in [9.17, 15) is 9.90 Å². The number of aliphatic hydroxyl groups excluding tert-OH is 1. The number of carbonyl (C=O) groups is 1. The van der Waals surface area contributed by atoms with E-state index < -0.39 is 0 Å². The third-order valence-electron chi connectivity index (χ3n) is 5.24. The van der Waals surface area contributed by atoms with Crippen LogP contribution in [0.4, 0.5) is 5.95 Å². The van der Waals surface area contributed by atoms with Crippen LogP contribution in [0.2, 0.25) is 0 Å².